The van der Waals surface area contributed by atoms with Gasteiger partial charge in [-0.05, 0) is 80.8 Å². The number of carbonyl (C=O) groups is 1. The minimum absolute atomic E-state index is 0.0495. The first-order valence-electron chi connectivity index (χ1n) is 11.1. The van der Waals surface area contributed by atoms with E-state index in [1.54, 1.807) is 13.0 Å². The maximum atomic E-state index is 13.6. The van der Waals surface area contributed by atoms with Crippen LogP contribution in [0.15, 0.2) is 36.4 Å². The van der Waals surface area contributed by atoms with Crippen LogP contribution in [0.3, 0.4) is 0 Å². The molecule has 1 aliphatic heterocycles. The number of nitrogens with one attached hydrogen (secondary N) is 1. The number of amides is 1. The number of halogens is 7. The predicted molar refractivity (Wildman–Crippen MR) is 117 cm³/mol. The molecule has 0 radical (unpaired) electrons. The third-order valence-electron chi connectivity index (χ3n) is 6.74. The fourth-order valence-corrected chi connectivity index (χ4v) is 4.71. The Morgan fingerprint density at radius 1 is 0.943 bits per heavy atom. The molecule has 2 aromatic carbocycles. The van der Waals surface area contributed by atoms with Gasteiger partial charge in [0, 0.05) is 25.6 Å². The van der Waals surface area contributed by atoms with Gasteiger partial charge in [-0.3, -0.25) is 4.79 Å². The van der Waals surface area contributed by atoms with Crippen molar-refractivity contribution in [1.29, 1.82) is 0 Å². The SMILES string of the molecule is Cc1cc(F)ccc1[C@H]1CNCC[C@H]1N(C)C(=O)C(C)(C)c1cc(C(F)(F)F)cc(C(F)(F)F)c1. The maximum Gasteiger partial charge on any atom is 0.416 e. The minimum Gasteiger partial charge on any atom is -0.341 e. The Morgan fingerprint density at radius 3 is 2.00 bits per heavy atom. The molecule has 3 rings (SSSR count). The molecule has 1 amide bonds. The van der Waals surface area contributed by atoms with Gasteiger partial charge in [-0.1, -0.05) is 6.07 Å². The van der Waals surface area contributed by atoms with Crippen molar-refractivity contribution in [2.24, 2.45) is 0 Å². The molecule has 1 fully saturated rings. The monoisotopic (exact) mass is 504 g/mol. The number of piperidine rings is 1. The zero-order valence-electron chi connectivity index (χ0n) is 19.7. The van der Waals surface area contributed by atoms with Crippen LogP contribution >= 0.6 is 0 Å². The zero-order chi connectivity index (χ0) is 26.3. The molecule has 0 saturated carbocycles. The summed E-state index contributed by atoms with van der Waals surface area (Å²) in [7, 11) is 1.50. The summed E-state index contributed by atoms with van der Waals surface area (Å²) in [5.41, 5.74) is -3.47. The number of benzene rings is 2. The summed E-state index contributed by atoms with van der Waals surface area (Å²) in [6, 6.07) is 5.21. The third kappa shape index (κ3) is 5.63. The molecule has 1 heterocycles. The van der Waals surface area contributed by atoms with Gasteiger partial charge in [0.05, 0.1) is 16.5 Å². The van der Waals surface area contributed by atoms with Crippen molar-refractivity contribution in [3.05, 3.63) is 70.0 Å². The first kappa shape index (κ1) is 27.0. The first-order valence-corrected chi connectivity index (χ1v) is 11.1. The van der Waals surface area contributed by atoms with Crippen LogP contribution in [0.25, 0.3) is 0 Å². The topological polar surface area (TPSA) is 32.3 Å². The number of hydrogen-bond donors (Lipinski definition) is 1. The molecule has 0 spiro atoms. The molecule has 1 saturated heterocycles. The molecule has 2 atom stereocenters. The lowest BCUT2D eigenvalue weighted by atomic mass is 9.79. The summed E-state index contributed by atoms with van der Waals surface area (Å²) < 4.78 is 93.9. The number of nitrogens with zero attached hydrogens (tertiary/aromatic N) is 1. The molecule has 2 aromatic rings. The number of rotatable bonds is 4. The number of alkyl halides is 6. The van der Waals surface area contributed by atoms with Gasteiger partial charge in [-0.25, -0.2) is 4.39 Å². The van der Waals surface area contributed by atoms with Gasteiger partial charge in [0.25, 0.3) is 0 Å². The molecular formula is C25H27F7N2O. The molecule has 3 nitrogen and oxygen atoms in total. The van der Waals surface area contributed by atoms with Crippen LogP contribution < -0.4 is 5.32 Å². The Bertz CT molecular complexity index is 1060. The van der Waals surface area contributed by atoms with Crippen LogP contribution in [-0.2, 0) is 22.6 Å². The predicted octanol–water partition coefficient (Wildman–Crippen LogP) is 6.05. The van der Waals surface area contributed by atoms with Crippen molar-refractivity contribution < 1.29 is 35.5 Å². The molecule has 0 bridgehead atoms. The molecule has 1 aliphatic rings. The summed E-state index contributed by atoms with van der Waals surface area (Å²) in [6.45, 7) is 5.44. The number of hydrogen-bond acceptors (Lipinski definition) is 2. The van der Waals surface area contributed by atoms with Crippen LogP contribution in [0.4, 0.5) is 30.7 Å². The number of carbonyl (C=O) groups excluding carboxylic acids is 1. The van der Waals surface area contributed by atoms with Crippen LogP contribution in [0.2, 0.25) is 0 Å². The summed E-state index contributed by atoms with van der Waals surface area (Å²) in [4.78, 5) is 15.0. The zero-order valence-corrected chi connectivity index (χ0v) is 19.7. The van der Waals surface area contributed by atoms with E-state index in [2.05, 4.69) is 5.32 Å². The third-order valence-corrected chi connectivity index (χ3v) is 6.74. The van der Waals surface area contributed by atoms with E-state index in [0.29, 0.717) is 37.2 Å². The Morgan fingerprint density at radius 2 is 1.49 bits per heavy atom. The molecule has 1 N–H and O–H groups in total. The van der Waals surface area contributed by atoms with Crippen molar-refractivity contribution >= 4 is 5.91 Å². The molecule has 192 valence electrons. The average molecular weight is 504 g/mol. The van der Waals surface area contributed by atoms with Crippen molar-refractivity contribution in [2.45, 2.75) is 56.9 Å². The summed E-state index contributed by atoms with van der Waals surface area (Å²) in [5, 5.41) is 3.24. The van der Waals surface area contributed by atoms with Crippen LogP contribution in [0, 0.1) is 12.7 Å². The van der Waals surface area contributed by atoms with E-state index in [1.165, 1.54) is 37.9 Å². The highest BCUT2D eigenvalue weighted by atomic mass is 19.4. The van der Waals surface area contributed by atoms with Crippen LogP contribution in [0.5, 0.6) is 0 Å². The van der Waals surface area contributed by atoms with Gasteiger partial charge in [0.15, 0.2) is 0 Å². The highest BCUT2D eigenvalue weighted by Crippen LogP contribution is 2.40. The molecule has 0 aromatic heterocycles. The second kappa shape index (κ2) is 9.44. The van der Waals surface area contributed by atoms with E-state index in [-0.39, 0.29) is 23.6 Å². The van der Waals surface area contributed by atoms with Crippen molar-refractivity contribution in [1.82, 2.24) is 10.2 Å². The quantitative estimate of drug-likeness (QED) is 0.514. The van der Waals surface area contributed by atoms with E-state index in [4.69, 9.17) is 0 Å². The number of likely N-dealkylation sites (N-methyl/N-ethyl adjacent to an activating group) is 1. The minimum atomic E-state index is -5.01. The van der Waals surface area contributed by atoms with E-state index in [0.717, 1.165) is 5.56 Å². The Hall–Kier alpha value is -2.62. The average Bonchev–Trinajstić information content (AvgIpc) is 2.76. The van der Waals surface area contributed by atoms with Crippen LogP contribution in [0.1, 0.15) is 54.0 Å². The number of aryl methyl sites for hydroxylation is 1. The molecule has 0 unspecified atom stereocenters. The second-order valence-electron chi connectivity index (χ2n) is 9.50. The second-order valence-corrected chi connectivity index (χ2v) is 9.50. The lowest BCUT2D eigenvalue weighted by Crippen LogP contribution is -2.53. The van der Waals surface area contributed by atoms with E-state index >= 15 is 0 Å². The van der Waals surface area contributed by atoms with E-state index in [1.807, 2.05) is 0 Å². The lowest BCUT2D eigenvalue weighted by molar-refractivity contribution is -0.144. The Kier molecular flexibility index (Phi) is 7.28. The van der Waals surface area contributed by atoms with Crippen molar-refractivity contribution in [3.63, 3.8) is 0 Å². The highest BCUT2D eigenvalue weighted by Gasteiger charge is 2.43. The Balaban J connectivity index is 2.00. The maximum absolute atomic E-state index is 13.6. The lowest BCUT2D eigenvalue weighted by Gasteiger charge is -2.42. The van der Waals surface area contributed by atoms with Gasteiger partial charge < -0.3 is 10.2 Å². The first-order chi connectivity index (χ1) is 16.0. The fraction of sp³-hybridized carbons (Fsp3) is 0.480. The van der Waals surface area contributed by atoms with Crippen molar-refractivity contribution in [3.8, 4) is 0 Å². The molecule has 0 aliphatic carbocycles. The van der Waals surface area contributed by atoms with Gasteiger partial charge in [0.1, 0.15) is 5.82 Å². The fourth-order valence-electron chi connectivity index (χ4n) is 4.71. The van der Waals surface area contributed by atoms with E-state index in [9.17, 15) is 35.5 Å². The largest absolute Gasteiger partial charge is 0.416 e. The molecule has 10 heteroatoms. The normalized spacial score (nSPS) is 19.5. The van der Waals surface area contributed by atoms with Gasteiger partial charge in [-0.2, -0.15) is 26.3 Å². The molecular weight excluding hydrogens is 477 g/mol. The van der Waals surface area contributed by atoms with E-state index < -0.39 is 40.6 Å². The standard InChI is InChI=1S/C25H27F7N2O/c1-14-9-18(26)5-6-19(14)20-13-33-8-7-21(20)34(4)22(35)23(2,3)15-10-16(24(27,28)29)12-17(11-15)25(30,31)32/h5-6,9-12,20-21,33H,7-8,13H2,1-4H3/t20-,21-/m1/s1. The summed E-state index contributed by atoms with van der Waals surface area (Å²) >= 11 is 0. The summed E-state index contributed by atoms with van der Waals surface area (Å²) in [6.07, 6.45) is -9.52. The molecule has 35 heavy (non-hydrogen) atoms. The van der Waals surface area contributed by atoms with Gasteiger partial charge in [0.2, 0.25) is 5.91 Å². The summed E-state index contributed by atoms with van der Waals surface area (Å²) in [5.74, 6) is -1.25. The highest BCUT2D eigenvalue weighted by molar-refractivity contribution is 5.87. The van der Waals surface area contributed by atoms with Crippen LogP contribution in [-0.4, -0.2) is 37.0 Å². The van der Waals surface area contributed by atoms with Gasteiger partial charge in [-0.15, -0.1) is 0 Å². The smallest absolute Gasteiger partial charge is 0.341 e. The van der Waals surface area contributed by atoms with Crippen molar-refractivity contribution in [2.75, 3.05) is 20.1 Å². The van der Waals surface area contributed by atoms with Gasteiger partial charge >= 0.3 is 12.4 Å². The Labute approximate surface area is 199 Å².